The zero-order chi connectivity index (χ0) is 16.4. The summed E-state index contributed by atoms with van der Waals surface area (Å²) >= 11 is 6.10. The molecule has 4 rings (SSSR count). The van der Waals surface area contributed by atoms with Gasteiger partial charge >= 0.3 is 0 Å². The maximum Gasteiger partial charge on any atom is 0.0604 e. The van der Waals surface area contributed by atoms with Crippen LogP contribution in [-0.2, 0) is 13.0 Å². The van der Waals surface area contributed by atoms with E-state index in [1.54, 1.807) is 0 Å². The fourth-order valence-electron chi connectivity index (χ4n) is 3.63. The van der Waals surface area contributed by atoms with Crippen molar-refractivity contribution in [3.63, 3.8) is 0 Å². The fraction of sp³-hybridized carbons (Fsp3) is 0.182. The van der Waals surface area contributed by atoms with Gasteiger partial charge in [-0.05, 0) is 40.8 Å². The molecule has 24 heavy (non-hydrogen) atoms. The lowest BCUT2D eigenvalue weighted by Crippen LogP contribution is -2.34. The van der Waals surface area contributed by atoms with Crippen LogP contribution in [0.1, 0.15) is 28.3 Å². The predicted octanol–water partition coefficient (Wildman–Crippen LogP) is 5.49. The van der Waals surface area contributed by atoms with Crippen LogP contribution in [0.2, 0.25) is 5.02 Å². The van der Waals surface area contributed by atoms with Crippen molar-refractivity contribution in [2.75, 3.05) is 6.54 Å². The lowest BCUT2D eigenvalue weighted by Gasteiger charge is -2.36. The molecule has 0 unspecified atom stereocenters. The molecule has 1 aliphatic rings. The number of rotatable bonds is 3. The van der Waals surface area contributed by atoms with Crippen LogP contribution >= 0.6 is 11.6 Å². The molecule has 0 amide bonds. The smallest absolute Gasteiger partial charge is 0.0604 e. The SMILES string of the molecule is Clc1ccc([C@H](c2ccccc2)N2CCc3ccccc3C2)cc1. The van der Waals surface area contributed by atoms with Crippen LogP contribution in [0.15, 0.2) is 78.9 Å². The van der Waals surface area contributed by atoms with E-state index in [-0.39, 0.29) is 6.04 Å². The zero-order valence-corrected chi connectivity index (χ0v) is 14.3. The number of hydrogen-bond acceptors (Lipinski definition) is 1. The van der Waals surface area contributed by atoms with Gasteiger partial charge in [-0.2, -0.15) is 0 Å². The van der Waals surface area contributed by atoms with Gasteiger partial charge in [0.1, 0.15) is 0 Å². The van der Waals surface area contributed by atoms with Crippen molar-refractivity contribution in [1.29, 1.82) is 0 Å². The van der Waals surface area contributed by atoms with Crippen molar-refractivity contribution in [1.82, 2.24) is 4.90 Å². The zero-order valence-electron chi connectivity index (χ0n) is 13.5. The average molecular weight is 334 g/mol. The Labute approximate surface area is 148 Å². The van der Waals surface area contributed by atoms with Crippen LogP contribution in [0.4, 0.5) is 0 Å². The number of fused-ring (bicyclic) bond motifs is 1. The van der Waals surface area contributed by atoms with E-state index in [0.717, 1.165) is 24.5 Å². The van der Waals surface area contributed by atoms with E-state index < -0.39 is 0 Å². The molecule has 0 bridgehead atoms. The first kappa shape index (κ1) is 15.4. The molecule has 1 atom stereocenters. The third kappa shape index (κ3) is 3.10. The Morgan fingerprint density at radius 2 is 1.33 bits per heavy atom. The summed E-state index contributed by atoms with van der Waals surface area (Å²) in [5.41, 5.74) is 5.56. The number of halogens is 1. The van der Waals surface area contributed by atoms with Gasteiger partial charge in [-0.1, -0.05) is 78.3 Å². The van der Waals surface area contributed by atoms with E-state index in [9.17, 15) is 0 Å². The van der Waals surface area contributed by atoms with Crippen molar-refractivity contribution < 1.29 is 0 Å². The molecule has 0 saturated heterocycles. The molecule has 0 aromatic heterocycles. The third-order valence-corrected chi connectivity index (χ3v) is 5.08. The maximum absolute atomic E-state index is 6.10. The van der Waals surface area contributed by atoms with Gasteiger partial charge in [0.05, 0.1) is 6.04 Å². The Morgan fingerprint density at radius 1 is 0.708 bits per heavy atom. The second-order valence-electron chi connectivity index (χ2n) is 6.35. The van der Waals surface area contributed by atoms with Crippen molar-refractivity contribution in [2.45, 2.75) is 19.0 Å². The van der Waals surface area contributed by atoms with Gasteiger partial charge in [0, 0.05) is 18.1 Å². The summed E-state index contributed by atoms with van der Waals surface area (Å²) in [7, 11) is 0. The Kier molecular flexibility index (Phi) is 4.38. The molecular weight excluding hydrogens is 314 g/mol. The van der Waals surface area contributed by atoms with Gasteiger partial charge in [0.2, 0.25) is 0 Å². The molecular formula is C22H20ClN. The normalized spacial score (nSPS) is 15.7. The Bertz CT molecular complexity index is 811. The topological polar surface area (TPSA) is 3.24 Å². The van der Waals surface area contributed by atoms with Gasteiger partial charge < -0.3 is 0 Å². The molecule has 3 aromatic carbocycles. The Balaban J connectivity index is 1.72. The highest BCUT2D eigenvalue weighted by Crippen LogP contribution is 2.33. The molecule has 1 heterocycles. The van der Waals surface area contributed by atoms with E-state index in [1.165, 1.54) is 22.3 Å². The highest BCUT2D eigenvalue weighted by molar-refractivity contribution is 6.30. The molecule has 1 aliphatic heterocycles. The molecule has 0 saturated carbocycles. The number of hydrogen-bond donors (Lipinski definition) is 0. The van der Waals surface area contributed by atoms with Gasteiger partial charge in [0.15, 0.2) is 0 Å². The van der Waals surface area contributed by atoms with Crippen molar-refractivity contribution in [3.8, 4) is 0 Å². The minimum Gasteiger partial charge on any atom is -0.288 e. The third-order valence-electron chi connectivity index (χ3n) is 4.83. The quantitative estimate of drug-likeness (QED) is 0.612. The second kappa shape index (κ2) is 6.80. The standard InChI is InChI=1S/C22H20ClN/c23-21-12-10-19(11-13-21)22(18-7-2-1-3-8-18)24-15-14-17-6-4-5-9-20(17)16-24/h1-13,22H,14-16H2/t22-/m0/s1. The van der Waals surface area contributed by atoms with Crippen molar-refractivity contribution in [3.05, 3.63) is 106 Å². The molecule has 0 N–H and O–H groups in total. The summed E-state index contributed by atoms with van der Waals surface area (Å²) in [6.45, 7) is 2.05. The second-order valence-corrected chi connectivity index (χ2v) is 6.79. The van der Waals surface area contributed by atoms with Crippen LogP contribution in [0.3, 0.4) is 0 Å². The lowest BCUT2D eigenvalue weighted by atomic mass is 9.92. The fourth-order valence-corrected chi connectivity index (χ4v) is 3.76. The number of nitrogens with zero attached hydrogens (tertiary/aromatic N) is 1. The molecule has 1 nitrogen and oxygen atoms in total. The summed E-state index contributed by atoms with van der Waals surface area (Å²) in [6.07, 6.45) is 1.10. The molecule has 0 aliphatic carbocycles. The van der Waals surface area contributed by atoms with E-state index in [1.807, 2.05) is 12.1 Å². The Morgan fingerprint density at radius 3 is 2.08 bits per heavy atom. The minimum atomic E-state index is 0.261. The number of benzene rings is 3. The molecule has 0 spiro atoms. The van der Waals surface area contributed by atoms with Crippen molar-refractivity contribution in [2.24, 2.45) is 0 Å². The van der Waals surface area contributed by atoms with Crippen LogP contribution in [-0.4, -0.2) is 11.4 Å². The predicted molar refractivity (Wildman–Crippen MR) is 100 cm³/mol. The molecule has 3 aromatic rings. The van der Waals surface area contributed by atoms with Gasteiger partial charge in [-0.3, -0.25) is 4.90 Å². The first-order chi connectivity index (χ1) is 11.8. The first-order valence-electron chi connectivity index (χ1n) is 8.42. The maximum atomic E-state index is 6.10. The van der Waals surface area contributed by atoms with Crippen LogP contribution < -0.4 is 0 Å². The largest absolute Gasteiger partial charge is 0.288 e. The van der Waals surface area contributed by atoms with Crippen LogP contribution in [0.25, 0.3) is 0 Å². The summed E-state index contributed by atoms with van der Waals surface area (Å²) in [4.78, 5) is 2.57. The van der Waals surface area contributed by atoms with Gasteiger partial charge in [-0.25, -0.2) is 0 Å². The van der Waals surface area contributed by atoms with E-state index in [4.69, 9.17) is 11.6 Å². The Hall–Kier alpha value is -2.09. The summed E-state index contributed by atoms with van der Waals surface area (Å²) in [6, 6.07) is 28.1. The van der Waals surface area contributed by atoms with E-state index >= 15 is 0 Å². The first-order valence-corrected chi connectivity index (χ1v) is 8.80. The molecule has 0 radical (unpaired) electrons. The van der Waals surface area contributed by atoms with Crippen molar-refractivity contribution >= 4 is 11.6 Å². The lowest BCUT2D eigenvalue weighted by molar-refractivity contribution is 0.206. The molecule has 120 valence electrons. The summed E-state index contributed by atoms with van der Waals surface area (Å²) in [5, 5.41) is 0.787. The highest BCUT2D eigenvalue weighted by Gasteiger charge is 2.25. The minimum absolute atomic E-state index is 0.261. The molecule has 2 heteroatoms. The van der Waals surface area contributed by atoms with E-state index in [0.29, 0.717) is 0 Å². The monoisotopic (exact) mass is 333 g/mol. The van der Waals surface area contributed by atoms with Crippen LogP contribution in [0, 0.1) is 0 Å². The summed E-state index contributed by atoms with van der Waals surface area (Å²) in [5.74, 6) is 0. The van der Waals surface area contributed by atoms with Gasteiger partial charge in [0.25, 0.3) is 0 Å². The van der Waals surface area contributed by atoms with Crippen LogP contribution in [0.5, 0.6) is 0 Å². The summed E-state index contributed by atoms with van der Waals surface area (Å²) < 4.78 is 0. The van der Waals surface area contributed by atoms with E-state index in [2.05, 4.69) is 71.6 Å². The van der Waals surface area contributed by atoms with Gasteiger partial charge in [-0.15, -0.1) is 0 Å². The molecule has 0 fully saturated rings. The average Bonchev–Trinajstić information content (AvgIpc) is 2.64. The highest BCUT2D eigenvalue weighted by atomic mass is 35.5.